The van der Waals surface area contributed by atoms with Gasteiger partial charge < -0.3 is 24.4 Å². The van der Waals surface area contributed by atoms with Crippen LogP contribution in [-0.4, -0.2) is 28.9 Å². The van der Waals surface area contributed by atoms with Gasteiger partial charge in [0.2, 0.25) is 12.5 Å². The minimum atomic E-state index is -1.01. The number of carboxylic acids is 2. The number of para-hydroxylation sites is 1. The highest BCUT2D eigenvalue weighted by atomic mass is 16.7. The highest BCUT2D eigenvalue weighted by Crippen LogP contribution is 2.47. The number of carboxylic acid groups (broad SMARTS) is 2. The van der Waals surface area contributed by atoms with Gasteiger partial charge in [0.25, 0.3) is 0 Å². The molecule has 1 aliphatic rings. The quantitative estimate of drug-likeness (QED) is 0.644. The number of hydrogen-bond donors (Lipinski definition) is 2. The highest BCUT2D eigenvalue weighted by Gasteiger charge is 2.28. The summed E-state index contributed by atoms with van der Waals surface area (Å²) in [5.74, 6) is -1.18. The van der Waals surface area contributed by atoms with Gasteiger partial charge in [-0.2, -0.15) is 0 Å². The van der Waals surface area contributed by atoms with E-state index in [0.717, 1.165) is 12.0 Å². The van der Waals surface area contributed by atoms with Gasteiger partial charge >= 0.3 is 11.9 Å². The van der Waals surface area contributed by atoms with Crippen molar-refractivity contribution in [1.29, 1.82) is 0 Å². The van der Waals surface area contributed by atoms with Gasteiger partial charge in [-0.05, 0) is 24.5 Å². The summed E-state index contributed by atoms with van der Waals surface area (Å²) in [6.45, 7) is 3.85. The van der Waals surface area contributed by atoms with Crippen LogP contribution in [0.25, 0.3) is 0 Å². The lowest BCUT2D eigenvalue weighted by Gasteiger charge is -2.21. The summed E-state index contributed by atoms with van der Waals surface area (Å²) < 4.78 is 17.2. The molecular weight excluding hydrogens is 376 g/mol. The summed E-state index contributed by atoms with van der Waals surface area (Å²) in [5.41, 5.74) is 1.86. The number of aryl methyl sites for hydroxylation is 1. The van der Waals surface area contributed by atoms with Crippen LogP contribution in [0, 0.1) is 0 Å². The van der Waals surface area contributed by atoms with Crippen molar-refractivity contribution >= 4 is 11.9 Å². The summed E-state index contributed by atoms with van der Waals surface area (Å²) in [7, 11) is 0. The standard InChI is InChI=1S/C22H24O7/c1-3-6-13-7-5-8-16(15(4-2)22(25)26)19(13)29-20-14(11-18(23)24)9-10-17-21(20)28-12-27-17/h5,7-10,15H,3-4,6,11-12H2,1-2H3,(H,23,24)(H,25,26). The van der Waals surface area contributed by atoms with Crippen LogP contribution in [-0.2, 0) is 22.4 Å². The van der Waals surface area contributed by atoms with E-state index < -0.39 is 17.9 Å². The number of fused-ring (bicyclic) bond motifs is 1. The molecule has 0 aliphatic carbocycles. The Kier molecular flexibility index (Phi) is 6.26. The van der Waals surface area contributed by atoms with Gasteiger partial charge in [-0.3, -0.25) is 9.59 Å². The molecular formula is C22H24O7. The Balaban J connectivity index is 2.16. The Morgan fingerprint density at radius 3 is 2.52 bits per heavy atom. The molecule has 0 radical (unpaired) electrons. The monoisotopic (exact) mass is 400 g/mol. The van der Waals surface area contributed by atoms with E-state index in [1.165, 1.54) is 0 Å². The zero-order valence-corrected chi connectivity index (χ0v) is 16.4. The Bertz CT molecular complexity index is 920. The smallest absolute Gasteiger partial charge is 0.311 e. The second-order valence-corrected chi connectivity index (χ2v) is 6.84. The molecule has 0 saturated carbocycles. The van der Waals surface area contributed by atoms with E-state index in [-0.39, 0.29) is 19.0 Å². The molecule has 0 aromatic heterocycles. The van der Waals surface area contributed by atoms with Crippen LogP contribution < -0.4 is 14.2 Å². The first kappa shape index (κ1) is 20.5. The van der Waals surface area contributed by atoms with Crippen molar-refractivity contribution in [2.75, 3.05) is 6.79 Å². The molecule has 2 N–H and O–H groups in total. The zero-order valence-electron chi connectivity index (χ0n) is 16.4. The van der Waals surface area contributed by atoms with Crippen LogP contribution in [0.3, 0.4) is 0 Å². The van der Waals surface area contributed by atoms with Gasteiger partial charge in [-0.15, -0.1) is 0 Å². The molecule has 1 unspecified atom stereocenters. The molecule has 0 spiro atoms. The lowest BCUT2D eigenvalue weighted by molar-refractivity contribution is -0.139. The van der Waals surface area contributed by atoms with Crippen molar-refractivity contribution < 1.29 is 34.0 Å². The average Bonchev–Trinajstić information content (AvgIpc) is 3.14. The largest absolute Gasteiger partial charge is 0.481 e. The zero-order chi connectivity index (χ0) is 21.0. The van der Waals surface area contributed by atoms with Gasteiger partial charge in [0.15, 0.2) is 11.5 Å². The van der Waals surface area contributed by atoms with Crippen LogP contribution in [0.15, 0.2) is 30.3 Å². The molecule has 0 saturated heterocycles. The molecule has 29 heavy (non-hydrogen) atoms. The molecule has 2 aromatic rings. The SMILES string of the molecule is CCCc1cccc(C(CC)C(=O)O)c1Oc1c(CC(=O)O)ccc2c1OCO2. The molecule has 154 valence electrons. The minimum Gasteiger partial charge on any atom is -0.481 e. The lowest BCUT2D eigenvalue weighted by Crippen LogP contribution is -2.13. The first-order valence-corrected chi connectivity index (χ1v) is 9.61. The Hall–Kier alpha value is -3.22. The van der Waals surface area contributed by atoms with E-state index in [9.17, 15) is 19.8 Å². The van der Waals surface area contributed by atoms with Crippen molar-refractivity contribution in [2.24, 2.45) is 0 Å². The Morgan fingerprint density at radius 1 is 1.07 bits per heavy atom. The van der Waals surface area contributed by atoms with E-state index in [1.54, 1.807) is 18.2 Å². The summed E-state index contributed by atoms with van der Waals surface area (Å²) in [6, 6.07) is 8.75. The summed E-state index contributed by atoms with van der Waals surface area (Å²) in [4.78, 5) is 23.2. The van der Waals surface area contributed by atoms with Gasteiger partial charge in [0, 0.05) is 11.1 Å². The Morgan fingerprint density at radius 2 is 1.86 bits per heavy atom. The lowest BCUT2D eigenvalue weighted by atomic mass is 9.92. The van der Waals surface area contributed by atoms with E-state index in [2.05, 4.69) is 0 Å². The Labute approximate surface area is 168 Å². The molecule has 0 fully saturated rings. The van der Waals surface area contributed by atoms with Crippen molar-refractivity contribution in [3.63, 3.8) is 0 Å². The summed E-state index contributed by atoms with van der Waals surface area (Å²) >= 11 is 0. The molecule has 7 heteroatoms. The topological polar surface area (TPSA) is 102 Å². The third-order valence-electron chi connectivity index (χ3n) is 4.85. The van der Waals surface area contributed by atoms with Gasteiger partial charge in [0.1, 0.15) is 5.75 Å². The van der Waals surface area contributed by atoms with Gasteiger partial charge in [-0.25, -0.2) is 0 Å². The van der Waals surface area contributed by atoms with E-state index in [4.69, 9.17) is 14.2 Å². The molecule has 2 aromatic carbocycles. The molecule has 7 nitrogen and oxygen atoms in total. The fraction of sp³-hybridized carbons (Fsp3) is 0.364. The molecule has 3 rings (SSSR count). The second kappa shape index (κ2) is 8.86. The first-order valence-electron chi connectivity index (χ1n) is 9.61. The third-order valence-corrected chi connectivity index (χ3v) is 4.85. The van der Waals surface area contributed by atoms with E-state index in [1.807, 2.05) is 26.0 Å². The number of benzene rings is 2. The average molecular weight is 400 g/mol. The minimum absolute atomic E-state index is 0.0123. The van der Waals surface area contributed by atoms with Crippen LogP contribution in [0.1, 0.15) is 49.3 Å². The number of carbonyl (C=O) groups is 2. The number of hydrogen-bond acceptors (Lipinski definition) is 5. The fourth-order valence-corrected chi connectivity index (χ4v) is 3.50. The first-order chi connectivity index (χ1) is 14.0. The number of rotatable bonds is 9. The molecule has 0 amide bonds. The third kappa shape index (κ3) is 4.29. The predicted octanol–water partition coefficient (Wildman–Crippen LogP) is 4.37. The van der Waals surface area contributed by atoms with Gasteiger partial charge in [-0.1, -0.05) is 44.5 Å². The fourth-order valence-electron chi connectivity index (χ4n) is 3.50. The normalized spacial score (nSPS) is 13.2. The predicted molar refractivity (Wildman–Crippen MR) is 105 cm³/mol. The maximum absolute atomic E-state index is 11.8. The summed E-state index contributed by atoms with van der Waals surface area (Å²) in [6.07, 6.45) is 1.68. The van der Waals surface area contributed by atoms with Crippen LogP contribution in [0.5, 0.6) is 23.0 Å². The highest BCUT2D eigenvalue weighted by molar-refractivity contribution is 5.78. The molecule has 1 atom stereocenters. The van der Waals surface area contributed by atoms with Gasteiger partial charge in [0.05, 0.1) is 12.3 Å². The maximum atomic E-state index is 11.8. The number of aliphatic carboxylic acids is 2. The van der Waals surface area contributed by atoms with Crippen LogP contribution >= 0.6 is 0 Å². The molecule has 1 heterocycles. The molecule has 1 aliphatic heterocycles. The number of ether oxygens (including phenoxy) is 3. The van der Waals surface area contributed by atoms with E-state index >= 15 is 0 Å². The van der Waals surface area contributed by atoms with Crippen LogP contribution in [0.4, 0.5) is 0 Å². The maximum Gasteiger partial charge on any atom is 0.311 e. The van der Waals surface area contributed by atoms with Crippen LogP contribution in [0.2, 0.25) is 0 Å². The summed E-state index contributed by atoms with van der Waals surface area (Å²) in [5, 5.41) is 19.0. The van der Waals surface area contributed by atoms with Crippen molar-refractivity contribution in [2.45, 2.75) is 45.4 Å². The van der Waals surface area contributed by atoms with Crippen molar-refractivity contribution in [3.8, 4) is 23.0 Å². The van der Waals surface area contributed by atoms with Crippen molar-refractivity contribution in [1.82, 2.24) is 0 Å². The van der Waals surface area contributed by atoms with Crippen molar-refractivity contribution in [3.05, 3.63) is 47.0 Å². The van der Waals surface area contributed by atoms with E-state index in [0.29, 0.717) is 41.2 Å². The second-order valence-electron chi connectivity index (χ2n) is 6.84. The molecule has 0 bridgehead atoms.